The van der Waals surface area contributed by atoms with Crippen LogP contribution in [-0.2, 0) is 4.79 Å². The number of amides is 1. The number of aliphatic hydroxyl groups excluding tert-OH is 1. The first-order valence-electron chi connectivity index (χ1n) is 11.1. The highest BCUT2D eigenvalue weighted by atomic mass is 32.1. The molecule has 10 heteroatoms. The third-order valence-corrected chi connectivity index (χ3v) is 7.32. The number of aliphatic hydroxyl groups is 1. The number of aromatic amines is 1. The van der Waals surface area contributed by atoms with Crippen LogP contribution in [0.15, 0.2) is 42.2 Å². The van der Waals surface area contributed by atoms with E-state index in [1.54, 1.807) is 11.1 Å². The molecular formula is C25H23N5O4S. The molecule has 4 heterocycles. The van der Waals surface area contributed by atoms with Crippen LogP contribution in [0.2, 0.25) is 0 Å². The Hall–Kier alpha value is -3.94. The minimum Gasteiger partial charge on any atom is -0.494 e. The lowest BCUT2D eigenvalue weighted by Gasteiger charge is -2.30. The van der Waals surface area contributed by atoms with Gasteiger partial charge >= 0.3 is 0 Å². The van der Waals surface area contributed by atoms with E-state index in [-0.39, 0.29) is 0 Å². The molecule has 1 aliphatic rings. The molecule has 1 saturated heterocycles. The van der Waals surface area contributed by atoms with E-state index in [9.17, 15) is 15.2 Å². The van der Waals surface area contributed by atoms with Crippen molar-refractivity contribution in [3.8, 4) is 17.7 Å². The number of para-hydroxylation sites is 1. The van der Waals surface area contributed by atoms with Crippen LogP contribution in [-0.4, -0.2) is 58.2 Å². The summed E-state index contributed by atoms with van der Waals surface area (Å²) in [6.07, 6.45) is 2.79. The van der Waals surface area contributed by atoms with Crippen molar-refractivity contribution in [3.63, 3.8) is 0 Å². The molecule has 9 nitrogen and oxygen atoms in total. The summed E-state index contributed by atoms with van der Waals surface area (Å²) in [7, 11) is 3.00. The number of thiazole rings is 1. The number of hydrogen-bond acceptors (Lipinski definition) is 8. The van der Waals surface area contributed by atoms with Crippen molar-refractivity contribution >= 4 is 43.9 Å². The van der Waals surface area contributed by atoms with Crippen molar-refractivity contribution in [1.29, 1.82) is 5.26 Å². The lowest BCUT2D eigenvalue weighted by atomic mass is 9.97. The van der Waals surface area contributed by atoms with Crippen LogP contribution in [0, 0.1) is 11.3 Å². The van der Waals surface area contributed by atoms with Crippen LogP contribution in [0.25, 0.3) is 26.7 Å². The van der Waals surface area contributed by atoms with Crippen molar-refractivity contribution < 1.29 is 19.4 Å². The molecule has 1 atom stereocenters. The van der Waals surface area contributed by atoms with Gasteiger partial charge < -0.3 is 24.5 Å². The Labute approximate surface area is 205 Å². The van der Waals surface area contributed by atoms with E-state index in [0.29, 0.717) is 64.6 Å². The predicted molar refractivity (Wildman–Crippen MR) is 132 cm³/mol. The van der Waals surface area contributed by atoms with Crippen molar-refractivity contribution in [1.82, 2.24) is 19.9 Å². The first-order chi connectivity index (χ1) is 17.0. The number of pyridine rings is 1. The molecule has 0 radical (unpaired) electrons. The van der Waals surface area contributed by atoms with E-state index in [1.165, 1.54) is 31.8 Å². The summed E-state index contributed by atoms with van der Waals surface area (Å²) in [5.41, 5.74) is 3.38. The molecule has 0 aliphatic carbocycles. The van der Waals surface area contributed by atoms with Gasteiger partial charge in [-0.2, -0.15) is 5.26 Å². The highest BCUT2D eigenvalue weighted by molar-refractivity contribution is 7.19. The van der Waals surface area contributed by atoms with Gasteiger partial charge in [-0.25, -0.2) is 9.97 Å². The summed E-state index contributed by atoms with van der Waals surface area (Å²) >= 11 is 1.50. The van der Waals surface area contributed by atoms with Gasteiger partial charge in [0.1, 0.15) is 22.3 Å². The maximum Gasteiger partial charge on any atom is 0.256 e. The summed E-state index contributed by atoms with van der Waals surface area (Å²) in [5, 5.41) is 22.1. The Bertz CT molecular complexity index is 1460. The van der Waals surface area contributed by atoms with E-state index in [1.807, 2.05) is 24.3 Å². The molecular weight excluding hydrogens is 466 g/mol. The third-order valence-electron chi connectivity index (χ3n) is 6.26. The highest BCUT2D eigenvalue weighted by Crippen LogP contribution is 2.37. The fourth-order valence-electron chi connectivity index (χ4n) is 4.45. The number of benzene rings is 1. The number of ether oxygens (including phenoxy) is 2. The van der Waals surface area contributed by atoms with Gasteiger partial charge in [0, 0.05) is 24.8 Å². The van der Waals surface area contributed by atoms with Crippen LogP contribution in [0.5, 0.6) is 11.6 Å². The Balaban J connectivity index is 1.37. The van der Waals surface area contributed by atoms with E-state index in [0.717, 1.165) is 15.8 Å². The molecule has 1 aliphatic heterocycles. The van der Waals surface area contributed by atoms with Gasteiger partial charge in [0.15, 0.2) is 6.10 Å². The highest BCUT2D eigenvalue weighted by Gasteiger charge is 2.30. The van der Waals surface area contributed by atoms with Crippen molar-refractivity contribution in [2.24, 2.45) is 0 Å². The minimum atomic E-state index is -1.38. The van der Waals surface area contributed by atoms with Gasteiger partial charge in [0.05, 0.1) is 41.6 Å². The smallest absolute Gasteiger partial charge is 0.256 e. The van der Waals surface area contributed by atoms with E-state index >= 15 is 0 Å². The molecule has 35 heavy (non-hydrogen) atoms. The molecule has 3 aromatic heterocycles. The SMILES string of the molecule is COc1ncc(OC)c2c(C(O)C(=O)N3CCC(=C(C#N)c4nc5ccccc5s4)CC3)c[nH]c12. The molecule has 178 valence electrons. The largest absolute Gasteiger partial charge is 0.494 e. The Morgan fingerprint density at radius 2 is 2.03 bits per heavy atom. The number of aromatic nitrogens is 3. The number of piperidine rings is 1. The number of likely N-dealkylation sites (tertiary alicyclic amines) is 1. The molecule has 0 saturated carbocycles. The van der Waals surface area contributed by atoms with Gasteiger partial charge in [-0.05, 0) is 30.5 Å². The number of H-pyrrole nitrogens is 1. The molecule has 1 unspecified atom stereocenters. The topological polar surface area (TPSA) is 124 Å². The molecule has 1 fully saturated rings. The first-order valence-corrected chi connectivity index (χ1v) is 11.9. The fourth-order valence-corrected chi connectivity index (χ4v) is 5.46. The normalized spacial score (nSPS) is 14.7. The number of nitrogens with zero attached hydrogens (tertiary/aromatic N) is 4. The number of carbonyl (C=O) groups excluding carboxylic acids is 1. The molecule has 4 aromatic rings. The number of allylic oxidation sites excluding steroid dienone is 1. The average Bonchev–Trinajstić information content (AvgIpc) is 3.53. The summed E-state index contributed by atoms with van der Waals surface area (Å²) in [6, 6.07) is 10.1. The van der Waals surface area contributed by atoms with E-state index < -0.39 is 12.0 Å². The quantitative estimate of drug-likeness (QED) is 0.408. The number of methoxy groups -OCH3 is 2. The molecule has 1 amide bonds. The van der Waals surface area contributed by atoms with Gasteiger partial charge in [-0.1, -0.05) is 12.1 Å². The van der Waals surface area contributed by atoms with Crippen LogP contribution in [0.1, 0.15) is 29.5 Å². The van der Waals surface area contributed by atoms with Crippen LogP contribution >= 0.6 is 11.3 Å². The number of nitrogens with one attached hydrogen (secondary N) is 1. The zero-order valence-electron chi connectivity index (χ0n) is 19.2. The van der Waals surface area contributed by atoms with Crippen molar-refractivity contribution in [2.75, 3.05) is 27.3 Å². The molecule has 1 aromatic carbocycles. The maximum atomic E-state index is 13.2. The molecule has 0 bridgehead atoms. The first kappa shape index (κ1) is 22.8. The number of hydrogen-bond donors (Lipinski definition) is 2. The second kappa shape index (κ2) is 9.37. The van der Waals surface area contributed by atoms with Crippen LogP contribution < -0.4 is 9.47 Å². The summed E-state index contributed by atoms with van der Waals surface area (Å²) in [4.78, 5) is 26.7. The number of carbonyl (C=O) groups is 1. The van der Waals surface area contributed by atoms with Crippen molar-refractivity contribution in [3.05, 3.63) is 52.8 Å². The predicted octanol–water partition coefficient (Wildman–Crippen LogP) is 3.82. The lowest BCUT2D eigenvalue weighted by molar-refractivity contribution is -0.140. The number of fused-ring (bicyclic) bond motifs is 2. The summed E-state index contributed by atoms with van der Waals surface area (Å²) in [5.74, 6) is 0.377. The zero-order chi connectivity index (χ0) is 24.5. The summed E-state index contributed by atoms with van der Waals surface area (Å²) < 4.78 is 11.7. The second-order valence-corrected chi connectivity index (χ2v) is 9.17. The maximum absolute atomic E-state index is 13.2. The average molecular weight is 490 g/mol. The minimum absolute atomic E-state index is 0.346. The van der Waals surface area contributed by atoms with Gasteiger partial charge in [0.25, 0.3) is 5.91 Å². The Morgan fingerprint density at radius 3 is 2.71 bits per heavy atom. The number of nitriles is 1. The van der Waals surface area contributed by atoms with Crippen molar-refractivity contribution in [2.45, 2.75) is 18.9 Å². The fraction of sp³-hybridized carbons (Fsp3) is 0.280. The van der Waals surface area contributed by atoms with Crippen LogP contribution in [0.4, 0.5) is 0 Å². The van der Waals surface area contributed by atoms with E-state index in [2.05, 4.69) is 21.0 Å². The third kappa shape index (κ3) is 3.99. The Kier molecular flexibility index (Phi) is 6.11. The Morgan fingerprint density at radius 1 is 1.26 bits per heavy atom. The standard InChI is InChI=1S/C25H23N5O4S/c1-33-18-13-28-23(34-2)21-20(18)16(12-27-21)22(31)25(32)30-9-7-14(8-10-30)15(11-26)24-29-17-5-3-4-6-19(17)35-24/h3-6,12-13,22,27,31H,7-10H2,1-2H3. The lowest BCUT2D eigenvalue weighted by Crippen LogP contribution is -2.39. The zero-order valence-corrected chi connectivity index (χ0v) is 20.1. The van der Waals surface area contributed by atoms with Gasteiger partial charge in [-0.3, -0.25) is 4.79 Å². The van der Waals surface area contributed by atoms with Gasteiger partial charge in [0.2, 0.25) is 5.88 Å². The van der Waals surface area contributed by atoms with E-state index in [4.69, 9.17) is 9.47 Å². The molecule has 0 spiro atoms. The second-order valence-electron chi connectivity index (χ2n) is 8.13. The molecule has 2 N–H and O–H groups in total. The monoisotopic (exact) mass is 489 g/mol. The summed E-state index contributed by atoms with van der Waals surface area (Å²) in [6.45, 7) is 0.817. The van der Waals surface area contributed by atoms with Crippen LogP contribution in [0.3, 0.4) is 0 Å². The van der Waals surface area contributed by atoms with Gasteiger partial charge in [-0.15, -0.1) is 11.3 Å². The molecule has 5 rings (SSSR count). The number of rotatable bonds is 5.